The second-order valence-electron chi connectivity index (χ2n) is 6.83. The summed E-state index contributed by atoms with van der Waals surface area (Å²) in [6.45, 7) is 3.91. The molecule has 7 heteroatoms. The summed E-state index contributed by atoms with van der Waals surface area (Å²) in [6, 6.07) is 15.4. The van der Waals surface area contributed by atoms with Gasteiger partial charge in [-0.3, -0.25) is 9.69 Å². The summed E-state index contributed by atoms with van der Waals surface area (Å²) >= 11 is 0. The summed E-state index contributed by atoms with van der Waals surface area (Å²) in [4.78, 5) is 16.6. The summed E-state index contributed by atoms with van der Waals surface area (Å²) < 4.78 is 12.7. The maximum Gasteiger partial charge on any atom is 0.260 e. The average molecular weight is 380 g/mol. The maximum absolute atomic E-state index is 12.4. The van der Waals surface area contributed by atoms with E-state index in [1.165, 1.54) is 0 Å². The van der Waals surface area contributed by atoms with Gasteiger partial charge in [0.25, 0.3) is 5.91 Å². The van der Waals surface area contributed by atoms with Crippen LogP contribution in [0.2, 0.25) is 0 Å². The highest BCUT2D eigenvalue weighted by Crippen LogP contribution is 2.19. The quantitative estimate of drug-likeness (QED) is 0.655. The summed E-state index contributed by atoms with van der Waals surface area (Å²) in [5, 5.41) is 4.60. The Balaban J connectivity index is 1.25. The zero-order valence-electron chi connectivity index (χ0n) is 16.0. The standard InChI is InChI=1S/C21H24N4O3/c1-27-19-6-4-7-20(14-19)28-16-21(26)24-11-9-23(10-12-24)15-17-13-18-5-2-3-8-25(18)22-17/h2-8,13-14H,9-12,15-16H2,1H3. The minimum Gasteiger partial charge on any atom is -0.497 e. The monoisotopic (exact) mass is 380 g/mol. The average Bonchev–Trinajstić information content (AvgIpc) is 3.15. The van der Waals surface area contributed by atoms with E-state index in [-0.39, 0.29) is 12.5 Å². The second-order valence-corrected chi connectivity index (χ2v) is 6.83. The first-order valence-corrected chi connectivity index (χ1v) is 9.41. The predicted octanol–water partition coefficient (Wildman–Crippen LogP) is 2.07. The second kappa shape index (κ2) is 8.31. The third kappa shape index (κ3) is 4.26. The maximum atomic E-state index is 12.4. The smallest absolute Gasteiger partial charge is 0.260 e. The minimum atomic E-state index is 0.00944. The van der Waals surface area contributed by atoms with E-state index < -0.39 is 0 Å². The molecule has 0 spiro atoms. The number of hydrogen-bond acceptors (Lipinski definition) is 5. The number of fused-ring (bicyclic) bond motifs is 1. The molecule has 4 rings (SSSR count). The van der Waals surface area contributed by atoms with Crippen LogP contribution in [0.4, 0.5) is 0 Å². The third-order valence-corrected chi connectivity index (χ3v) is 4.93. The number of aromatic nitrogens is 2. The van der Waals surface area contributed by atoms with Gasteiger partial charge in [0, 0.05) is 45.0 Å². The van der Waals surface area contributed by atoms with Crippen molar-refractivity contribution in [1.82, 2.24) is 19.4 Å². The SMILES string of the molecule is COc1cccc(OCC(=O)N2CCN(Cc3cc4ccccn4n3)CC2)c1. The molecule has 0 unspecified atom stereocenters. The van der Waals surface area contributed by atoms with Gasteiger partial charge in [0.15, 0.2) is 6.61 Å². The summed E-state index contributed by atoms with van der Waals surface area (Å²) in [5.41, 5.74) is 2.15. The zero-order chi connectivity index (χ0) is 19.3. The van der Waals surface area contributed by atoms with E-state index in [0.717, 1.165) is 30.8 Å². The number of rotatable bonds is 6. The molecule has 0 atom stereocenters. The fourth-order valence-corrected chi connectivity index (χ4v) is 3.38. The van der Waals surface area contributed by atoms with Crippen LogP contribution in [-0.4, -0.2) is 65.2 Å². The molecule has 1 aliphatic heterocycles. The molecule has 28 heavy (non-hydrogen) atoms. The summed E-state index contributed by atoms with van der Waals surface area (Å²) in [5.74, 6) is 1.36. The van der Waals surface area contributed by atoms with E-state index in [1.54, 1.807) is 13.2 Å². The molecule has 3 aromatic rings. The van der Waals surface area contributed by atoms with Crippen molar-refractivity contribution in [3.8, 4) is 11.5 Å². The number of amides is 1. The van der Waals surface area contributed by atoms with E-state index in [1.807, 2.05) is 45.9 Å². The van der Waals surface area contributed by atoms with Crippen LogP contribution in [0.25, 0.3) is 5.52 Å². The highest BCUT2D eigenvalue weighted by Gasteiger charge is 2.22. The number of pyridine rings is 1. The van der Waals surface area contributed by atoms with E-state index >= 15 is 0 Å². The third-order valence-electron chi connectivity index (χ3n) is 4.93. The molecule has 7 nitrogen and oxygen atoms in total. The Morgan fingerprint density at radius 2 is 1.86 bits per heavy atom. The van der Waals surface area contributed by atoms with Gasteiger partial charge in [-0.1, -0.05) is 12.1 Å². The molecule has 1 aromatic carbocycles. The van der Waals surface area contributed by atoms with Gasteiger partial charge in [-0.05, 0) is 30.3 Å². The van der Waals surface area contributed by atoms with Gasteiger partial charge in [-0.25, -0.2) is 4.52 Å². The van der Waals surface area contributed by atoms with Gasteiger partial charge in [0.05, 0.1) is 18.3 Å². The Kier molecular flexibility index (Phi) is 5.43. The molecular weight excluding hydrogens is 356 g/mol. The Hall–Kier alpha value is -3.06. The zero-order valence-corrected chi connectivity index (χ0v) is 16.0. The van der Waals surface area contributed by atoms with Crippen LogP contribution in [0.1, 0.15) is 5.69 Å². The largest absolute Gasteiger partial charge is 0.497 e. The number of ether oxygens (including phenoxy) is 2. The number of carbonyl (C=O) groups is 1. The van der Waals surface area contributed by atoms with Gasteiger partial charge < -0.3 is 14.4 Å². The Bertz CT molecular complexity index is 914. The molecule has 0 bridgehead atoms. The Labute approximate surface area is 164 Å². The number of benzene rings is 1. The van der Waals surface area contributed by atoms with Gasteiger partial charge in [0.1, 0.15) is 11.5 Å². The molecule has 0 aliphatic carbocycles. The molecule has 146 valence electrons. The minimum absolute atomic E-state index is 0.00944. The van der Waals surface area contributed by atoms with Crippen LogP contribution in [-0.2, 0) is 11.3 Å². The molecule has 3 heterocycles. The van der Waals surface area contributed by atoms with Crippen molar-refractivity contribution >= 4 is 11.4 Å². The van der Waals surface area contributed by atoms with Crippen LogP contribution in [0.15, 0.2) is 54.7 Å². The van der Waals surface area contributed by atoms with Crippen molar-refractivity contribution < 1.29 is 14.3 Å². The number of methoxy groups -OCH3 is 1. The Morgan fingerprint density at radius 1 is 1.04 bits per heavy atom. The molecule has 1 amide bonds. The topological polar surface area (TPSA) is 59.3 Å². The van der Waals surface area contributed by atoms with Crippen molar-refractivity contribution in [3.63, 3.8) is 0 Å². The van der Waals surface area contributed by atoms with Crippen LogP contribution in [0.3, 0.4) is 0 Å². The number of hydrogen-bond donors (Lipinski definition) is 0. The molecule has 1 aliphatic rings. The number of piperazine rings is 1. The predicted molar refractivity (Wildman–Crippen MR) is 106 cm³/mol. The van der Waals surface area contributed by atoms with Gasteiger partial charge >= 0.3 is 0 Å². The first-order chi connectivity index (χ1) is 13.7. The van der Waals surface area contributed by atoms with E-state index in [2.05, 4.69) is 22.1 Å². The highest BCUT2D eigenvalue weighted by molar-refractivity contribution is 5.77. The van der Waals surface area contributed by atoms with Gasteiger partial charge in [-0.2, -0.15) is 5.10 Å². The van der Waals surface area contributed by atoms with Crippen molar-refractivity contribution in [3.05, 3.63) is 60.4 Å². The molecule has 0 saturated carbocycles. The summed E-state index contributed by atoms with van der Waals surface area (Å²) in [6.07, 6.45) is 1.96. The van der Waals surface area contributed by atoms with Crippen molar-refractivity contribution in [2.24, 2.45) is 0 Å². The number of nitrogens with zero attached hydrogens (tertiary/aromatic N) is 4. The van der Waals surface area contributed by atoms with Crippen LogP contribution < -0.4 is 9.47 Å². The van der Waals surface area contributed by atoms with Crippen molar-refractivity contribution in [2.45, 2.75) is 6.54 Å². The highest BCUT2D eigenvalue weighted by atomic mass is 16.5. The van der Waals surface area contributed by atoms with E-state index in [4.69, 9.17) is 9.47 Å². The fraction of sp³-hybridized carbons (Fsp3) is 0.333. The van der Waals surface area contributed by atoms with E-state index in [9.17, 15) is 4.79 Å². The molecule has 2 aromatic heterocycles. The van der Waals surface area contributed by atoms with Crippen molar-refractivity contribution in [1.29, 1.82) is 0 Å². The molecule has 0 N–H and O–H groups in total. The lowest BCUT2D eigenvalue weighted by atomic mass is 10.2. The van der Waals surface area contributed by atoms with Crippen molar-refractivity contribution in [2.75, 3.05) is 39.9 Å². The van der Waals surface area contributed by atoms with Crippen LogP contribution >= 0.6 is 0 Å². The first kappa shape index (κ1) is 18.3. The molecule has 1 fully saturated rings. The van der Waals surface area contributed by atoms with Crippen LogP contribution in [0.5, 0.6) is 11.5 Å². The summed E-state index contributed by atoms with van der Waals surface area (Å²) in [7, 11) is 1.61. The lowest BCUT2D eigenvalue weighted by Gasteiger charge is -2.34. The molecule has 1 saturated heterocycles. The molecule has 0 radical (unpaired) electrons. The van der Waals surface area contributed by atoms with Crippen LogP contribution in [0, 0.1) is 0 Å². The Morgan fingerprint density at radius 3 is 2.64 bits per heavy atom. The lowest BCUT2D eigenvalue weighted by Crippen LogP contribution is -2.49. The normalized spacial score (nSPS) is 15.0. The first-order valence-electron chi connectivity index (χ1n) is 9.41. The number of carbonyl (C=O) groups excluding carboxylic acids is 1. The van der Waals surface area contributed by atoms with Gasteiger partial charge in [0.2, 0.25) is 0 Å². The molecular formula is C21H24N4O3. The van der Waals surface area contributed by atoms with Gasteiger partial charge in [-0.15, -0.1) is 0 Å². The fourth-order valence-electron chi connectivity index (χ4n) is 3.38. The van der Waals surface area contributed by atoms with E-state index in [0.29, 0.717) is 24.6 Å². The lowest BCUT2D eigenvalue weighted by molar-refractivity contribution is -0.135.